The van der Waals surface area contributed by atoms with E-state index in [1.54, 1.807) is 29.8 Å². The van der Waals surface area contributed by atoms with E-state index >= 15 is 0 Å². The highest BCUT2D eigenvalue weighted by atomic mass is 32.2. The minimum Gasteiger partial charge on any atom is -0.389 e. The summed E-state index contributed by atoms with van der Waals surface area (Å²) in [5.74, 6) is 1.75. The molecule has 0 aliphatic heterocycles. The zero-order valence-electron chi connectivity index (χ0n) is 20.7. The summed E-state index contributed by atoms with van der Waals surface area (Å²) in [6, 6.07) is 7.68. The number of rotatable bonds is 11. The lowest BCUT2D eigenvalue weighted by molar-refractivity contribution is -0.00521. The summed E-state index contributed by atoms with van der Waals surface area (Å²) < 4.78 is 7.24. The number of benzene rings is 1. The van der Waals surface area contributed by atoms with Gasteiger partial charge in [0.05, 0.1) is 25.1 Å². The van der Waals surface area contributed by atoms with Crippen molar-refractivity contribution in [1.82, 2.24) is 24.8 Å². The van der Waals surface area contributed by atoms with E-state index in [0.717, 1.165) is 17.9 Å². The Balaban J connectivity index is 1.34. The average molecular weight is 502 g/mol. The molecule has 3 aromatic rings. The van der Waals surface area contributed by atoms with Gasteiger partial charge in [0.15, 0.2) is 11.5 Å². The Labute approximate surface area is 210 Å². The van der Waals surface area contributed by atoms with Gasteiger partial charge in [0.25, 0.3) is 0 Å². The Bertz CT molecular complexity index is 1100. The number of ether oxygens (including phenoxy) is 1. The van der Waals surface area contributed by atoms with E-state index in [0.29, 0.717) is 29.3 Å². The monoisotopic (exact) mass is 501 g/mol. The summed E-state index contributed by atoms with van der Waals surface area (Å²) in [6.07, 6.45) is 2.67. The molecule has 1 aromatic carbocycles. The van der Waals surface area contributed by atoms with Gasteiger partial charge in [0.1, 0.15) is 11.8 Å². The van der Waals surface area contributed by atoms with Crippen molar-refractivity contribution in [3.05, 3.63) is 42.5 Å². The van der Waals surface area contributed by atoms with Crippen molar-refractivity contribution in [2.75, 3.05) is 36.2 Å². The van der Waals surface area contributed by atoms with Gasteiger partial charge in [-0.1, -0.05) is 32.9 Å². The predicted octanol–water partition coefficient (Wildman–Crippen LogP) is 3.03. The number of aromatic nitrogens is 4. The molecule has 3 rings (SSSR count). The fourth-order valence-electron chi connectivity index (χ4n) is 3.49. The second-order valence-corrected chi connectivity index (χ2v) is 10.5. The minimum absolute atomic E-state index is 0.0770. The van der Waals surface area contributed by atoms with Crippen molar-refractivity contribution in [3.63, 3.8) is 0 Å². The molecule has 0 spiro atoms. The summed E-state index contributed by atoms with van der Waals surface area (Å²) in [4.78, 5) is 24.5. The first kappa shape index (κ1) is 26.7. The van der Waals surface area contributed by atoms with Crippen LogP contribution >= 0.6 is 11.8 Å². The molecule has 0 bridgehead atoms. The molecule has 2 amide bonds. The molecule has 0 radical (unpaired) electrons. The third-order valence-electron chi connectivity index (χ3n) is 5.59. The zero-order chi connectivity index (χ0) is 25.4. The molecule has 0 saturated carbocycles. The molecule has 0 fully saturated rings. The van der Waals surface area contributed by atoms with Gasteiger partial charge in [-0.15, -0.1) is 0 Å². The Morgan fingerprint density at radius 2 is 1.97 bits per heavy atom. The molecule has 2 aromatic heterocycles. The molecule has 0 aliphatic carbocycles. The SMILES string of the molecule is COC(CSCCCNC(=O)Nc1ccc(C(C)(C)C)cc1)[C@@H](O)Cn1cnc2c(N)ncnc21. The van der Waals surface area contributed by atoms with E-state index in [9.17, 15) is 9.90 Å². The number of nitrogen functional groups attached to an aromatic ring is 1. The second-order valence-electron chi connectivity index (χ2n) is 9.31. The standard InChI is InChI=1S/C24H35N7O3S/c1-24(2,3)16-6-8-17(9-7-16)30-23(33)26-10-5-11-35-13-19(34-4)18(32)12-31-15-29-20-21(25)27-14-28-22(20)31/h6-9,14-15,18-19,32H,5,10-13H2,1-4H3,(H2,25,27,28)(H2,26,30,33)/t18-,19?/m0/s1. The maximum atomic E-state index is 12.1. The van der Waals surface area contributed by atoms with Crippen LogP contribution in [0.25, 0.3) is 11.2 Å². The second kappa shape index (κ2) is 12.2. The number of nitrogens with one attached hydrogen (secondary N) is 2. The third-order valence-corrected chi connectivity index (χ3v) is 6.73. The van der Waals surface area contributed by atoms with Crippen LogP contribution in [0.3, 0.4) is 0 Å². The number of amides is 2. The van der Waals surface area contributed by atoms with Crippen molar-refractivity contribution in [2.24, 2.45) is 0 Å². The van der Waals surface area contributed by atoms with Crippen LogP contribution in [0.1, 0.15) is 32.8 Å². The molecule has 11 heteroatoms. The van der Waals surface area contributed by atoms with Crippen molar-refractivity contribution >= 4 is 40.5 Å². The highest BCUT2D eigenvalue weighted by Gasteiger charge is 2.21. The van der Waals surface area contributed by atoms with Gasteiger partial charge in [0, 0.05) is 25.1 Å². The van der Waals surface area contributed by atoms with Gasteiger partial charge < -0.3 is 30.8 Å². The summed E-state index contributed by atoms with van der Waals surface area (Å²) in [7, 11) is 1.58. The molecule has 10 nitrogen and oxygen atoms in total. The largest absolute Gasteiger partial charge is 0.389 e. The number of nitrogens with two attached hydrogens (primary N) is 1. The topological polar surface area (TPSA) is 140 Å². The van der Waals surface area contributed by atoms with E-state index in [2.05, 4.69) is 46.4 Å². The number of anilines is 2. The van der Waals surface area contributed by atoms with E-state index in [1.807, 2.05) is 24.3 Å². The predicted molar refractivity (Wildman–Crippen MR) is 141 cm³/mol. The molecule has 2 atom stereocenters. The van der Waals surface area contributed by atoms with Crippen molar-refractivity contribution in [3.8, 4) is 0 Å². The number of nitrogens with zero attached hydrogens (tertiary/aromatic N) is 4. The summed E-state index contributed by atoms with van der Waals surface area (Å²) >= 11 is 1.67. The van der Waals surface area contributed by atoms with Crippen LogP contribution in [0.2, 0.25) is 0 Å². The van der Waals surface area contributed by atoms with Crippen molar-refractivity contribution in [1.29, 1.82) is 0 Å². The Morgan fingerprint density at radius 3 is 2.66 bits per heavy atom. The van der Waals surface area contributed by atoms with Gasteiger partial charge in [-0.2, -0.15) is 11.8 Å². The van der Waals surface area contributed by atoms with Crippen molar-refractivity contribution < 1.29 is 14.6 Å². The summed E-state index contributed by atoms with van der Waals surface area (Å²) in [5.41, 5.74) is 8.98. The van der Waals surface area contributed by atoms with Gasteiger partial charge in [-0.25, -0.2) is 19.7 Å². The van der Waals surface area contributed by atoms with E-state index in [1.165, 1.54) is 11.9 Å². The average Bonchev–Trinajstić information content (AvgIpc) is 3.22. The quantitative estimate of drug-likeness (QED) is 0.294. The molecule has 0 aliphatic rings. The number of carbonyl (C=O) groups excluding carboxylic acids is 1. The number of aliphatic hydroxyl groups is 1. The molecule has 5 N–H and O–H groups in total. The smallest absolute Gasteiger partial charge is 0.319 e. The number of imidazole rings is 1. The first-order valence-corrected chi connectivity index (χ1v) is 12.7. The van der Waals surface area contributed by atoms with E-state index in [-0.39, 0.29) is 24.1 Å². The molecule has 0 saturated heterocycles. The molecule has 190 valence electrons. The van der Waals surface area contributed by atoms with Crippen LogP contribution in [-0.2, 0) is 16.7 Å². The lowest BCUT2D eigenvalue weighted by Gasteiger charge is -2.21. The van der Waals surface area contributed by atoms with Crippen LogP contribution in [0.15, 0.2) is 36.9 Å². The summed E-state index contributed by atoms with van der Waals surface area (Å²) in [6.45, 7) is 7.31. The van der Waals surface area contributed by atoms with Crippen LogP contribution in [0.4, 0.5) is 16.3 Å². The zero-order valence-corrected chi connectivity index (χ0v) is 21.5. The van der Waals surface area contributed by atoms with Crippen LogP contribution in [0.5, 0.6) is 0 Å². The number of aliphatic hydroxyl groups excluding tert-OH is 1. The number of fused-ring (bicyclic) bond motifs is 1. The van der Waals surface area contributed by atoms with Gasteiger partial charge in [0.2, 0.25) is 0 Å². The van der Waals surface area contributed by atoms with E-state index < -0.39 is 6.10 Å². The van der Waals surface area contributed by atoms with Gasteiger partial charge in [-0.3, -0.25) is 0 Å². The Hall–Kier alpha value is -2.89. The molecular formula is C24H35N7O3S. The Kier molecular flexibility index (Phi) is 9.30. The highest BCUT2D eigenvalue weighted by Crippen LogP contribution is 2.23. The molecular weight excluding hydrogens is 466 g/mol. The van der Waals surface area contributed by atoms with E-state index in [4.69, 9.17) is 10.5 Å². The maximum absolute atomic E-state index is 12.1. The van der Waals surface area contributed by atoms with Crippen molar-refractivity contribution in [2.45, 2.75) is 51.4 Å². The van der Waals surface area contributed by atoms with Gasteiger partial charge in [-0.05, 0) is 35.3 Å². The molecule has 35 heavy (non-hydrogen) atoms. The maximum Gasteiger partial charge on any atom is 0.319 e. The number of carbonyl (C=O) groups is 1. The summed E-state index contributed by atoms with van der Waals surface area (Å²) in [5, 5.41) is 16.4. The van der Waals surface area contributed by atoms with Crippen LogP contribution in [-0.4, -0.2) is 68.0 Å². The fourth-order valence-corrected chi connectivity index (χ4v) is 4.60. The fraction of sp³-hybridized carbons (Fsp3) is 0.500. The molecule has 1 unspecified atom stereocenters. The number of urea groups is 1. The third kappa shape index (κ3) is 7.55. The lowest BCUT2D eigenvalue weighted by atomic mass is 9.87. The number of hydrogen-bond acceptors (Lipinski definition) is 8. The van der Waals surface area contributed by atoms with Crippen LogP contribution < -0.4 is 16.4 Å². The minimum atomic E-state index is -0.741. The number of hydrogen-bond donors (Lipinski definition) is 4. The number of thioether (sulfide) groups is 1. The van der Waals surface area contributed by atoms with Crippen LogP contribution in [0, 0.1) is 0 Å². The highest BCUT2D eigenvalue weighted by molar-refractivity contribution is 7.99. The first-order valence-electron chi connectivity index (χ1n) is 11.5. The Morgan fingerprint density at radius 1 is 1.23 bits per heavy atom. The number of methoxy groups -OCH3 is 1. The first-order chi connectivity index (χ1) is 16.7. The normalized spacial score (nSPS) is 13.5. The molecule has 2 heterocycles. The lowest BCUT2D eigenvalue weighted by Crippen LogP contribution is -2.34. The van der Waals surface area contributed by atoms with Gasteiger partial charge >= 0.3 is 6.03 Å².